The van der Waals surface area contributed by atoms with Gasteiger partial charge in [-0.05, 0) is 52.6 Å². The molecule has 0 saturated carbocycles. The largest absolute Gasteiger partial charge is 0.454 e. The summed E-state index contributed by atoms with van der Waals surface area (Å²) in [5.74, 6) is -1.55. The summed E-state index contributed by atoms with van der Waals surface area (Å²) < 4.78 is 17.7. The van der Waals surface area contributed by atoms with E-state index in [1.165, 1.54) is 0 Å². The number of para-hydroxylation sites is 2. The van der Waals surface area contributed by atoms with Gasteiger partial charge in [0.25, 0.3) is 0 Å². The predicted molar refractivity (Wildman–Crippen MR) is 183 cm³/mol. The minimum Gasteiger partial charge on any atom is -0.454 e. The smallest absolute Gasteiger partial charge is 0.330 e. The molecule has 1 spiro atoms. The Bertz CT molecular complexity index is 2130. The second-order valence-electron chi connectivity index (χ2n) is 12.6. The van der Waals surface area contributed by atoms with Gasteiger partial charge in [0.15, 0.2) is 23.4 Å². The molecule has 4 heterocycles. The number of hydrogen-bond acceptors (Lipinski definition) is 7. The topological polar surface area (TPSA) is 94.2 Å². The first-order valence-electron chi connectivity index (χ1n) is 16.3. The SMILES string of the molecule is O=C(c1ccc2c(c1)OCO2)[C@@H]1[C@H](C(=O)OC(c2ccccc2)c2ccccc2)N2c3ccccc3C=C[C@H]2[C@@]12C(=O)Nc1ccccc12. The van der Waals surface area contributed by atoms with Crippen LogP contribution in [0.15, 0.2) is 133 Å². The quantitative estimate of drug-likeness (QED) is 0.162. The van der Waals surface area contributed by atoms with Crippen LogP contribution in [0.3, 0.4) is 0 Å². The average molecular weight is 647 g/mol. The molecule has 0 radical (unpaired) electrons. The van der Waals surface area contributed by atoms with Gasteiger partial charge in [-0.25, -0.2) is 4.79 Å². The van der Waals surface area contributed by atoms with E-state index in [1.54, 1.807) is 18.2 Å². The van der Waals surface area contributed by atoms with Gasteiger partial charge in [-0.2, -0.15) is 0 Å². The van der Waals surface area contributed by atoms with E-state index in [9.17, 15) is 4.79 Å². The zero-order valence-electron chi connectivity index (χ0n) is 26.2. The number of amides is 1. The fraction of sp³-hybridized carbons (Fsp3) is 0.146. The Morgan fingerprint density at radius 2 is 1.47 bits per heavy atom. The van der Waals surface area contributed by atoms with Crippen LogP contribution >= 0.6 is 0 Å². The normalized spacial score (nSPS) is 22.4. The molecule has 49 heavy (non-hydrogen) atoms. The highest BCUT2D eigenvalue weighted by Gasteiger charge is 2.71. The fourth-order valence-electron chi connectivity index (χ4n) is 8.09. The number of benzene rings is 5. The molecule has 1 saturated heterocycles. The summed E-state index contributed by atoms with van der Waals surface area (Å²) in [6, 6.07) is 37.4. The number of carbonyl (C=O) groups excluding carboxylic acids is 3. The van der Waals surface area contributed by atoms with Crippen molar-refractivity contribution < 1.29 is 28.6 Å². The number of fused-ring (bicyclic) bond motifs is 7. The number of esters is 1. The number of Topliss-reactive ketones (excluding diaryl/α,β-unsaturated/α-hetero) is 1. The van der Waals surface area contributed by atoms with Gasteiger partial charge >= 0.3 is 5.97 Å². The third-order valence-corrected chi connectivity index (χ3v) is 10.2. The van der Waals surface area contributed by atoms with E-state index in [4.69, 9.17) is 14.2 Å². The summed E-state index contributed by atoms with van der Waals surface area (Å²) in [6.45, 7) is 0.0445. The van der Waals surface area contributed by atoms with Crippen molar-refractivity contribution in [2.24, 2.45) is 5.92 Å². The van der Waals surface area contributed by atoms with E-state index in [0.29, 0.717) is 28.3 Å². The van der Waals surface area contributed by atoms with Gasteiger partial charge in [-0.3, -0.25) is 9.59 Å². The molecular formula is C41H30N2O6. The Hall–Kier alpha value is -6.15. The average Bonchev–Trinajstić information content (AvgIpc) is 3.84. The van der Waals surface area contributed by atoms with E-state index < -0.39 is 35.5 Å². The highest BCUT2D eigenvalue weighted by atomic mass is 16.7. The maximum absolute atomic E-state index is 15.2. The van der Waals surface area contributed by atoms with Gasteiger partial charge in [-0.15, -0.1) is 0 Å². The lowest BCUT2D eigenvalue weighted by atomic mass is 9.64. The number of anilines is 2. The van der Waals surface area contributed by atoms with Crippen molar-refractivity contribution in [2.45, 2.75) is 23.6 Å². The molecule has 1 amide bonds. The Morgan fingerprint density at radius 1 is 0.796 bits per heavy atom. The molecule has 5 aromatic rings. The predicted octanol–water partition coefficient (Wildman–Crippen LogP) is 6.72. The van der Waals surface area contributed by atoms with Crippen LogP contribution in [0, 0.1) is 5.92 Å². The van der Waals surface area contributed by atoms with Crippen molar-refractivity contribution in [3.63, 3.8) is 0 Å². The Kier molecular flexibility index (Phi) is 6.65. The number of rotatable bonds is 6. The van der Waals surface area contributed by atoms with Crippen molar-refractivity contribution in [1.82, 2.24) is 0 Å². The summed E-state index contributed by atoms with van der Waals surface area (Å²) in [5, 5.41) is 3.07. The molecule has 240 valence electrons. The summed E-state index contributed by atoms with van der Waals surface area (Å²) >= 11 is 0. The first kappa shape index (κ1) is 29.0. The molecule has 4 aliphatic heterocycles. The molecule has 8 nitrogen and oxygen atoms in total. The number of nitrogens with zero attached hydrogens (tertiary/aromatic N) is 1. The molecule has 0 unspecified atom stereocenters. The lowest BCUT2D eigenvalue weighted by Gasteiger charge is -2.37. The van der Waals surface area contributed by atoms with Crippen LogP contribution in [0.4, 0.5) is 11.4 Å². The van der Waals surface area contributed by atoms with Crippen molar-refractivity contribution in [2.75, 3.05) is 17.0 Å². The van der Waals surface area contributed by atoms with E-state index in [2.05, 4.69) is 5.32 Å². The molecule has 0 aromatic heterocycles. The van der Waals surface area contributed by atoms with Crippen molar-refractivity contribution in [3.8, 4) is 11.5 Å². The monoisotopic (exact) mass is 646 g/mol. The molecule has 9 rings (SSSR count). The highest BCUT2D eigenvalue weighted by Crippen LogP contribution is 2.58. The van der Waals surface area contributed by atoms with Crippen molar-refractivity contribution in [3.05, 3.63) is 161 Å². The second kappa shape index (κ2) is 11.2. The van der Waals surface area contributed by atoms with E-state index in [-0.39, 0.29) is 18.5 Å². The zero-order valence-corrected chi connectivity index (χ0v) is 26.2. The van der Waals surface area contributed by atoms with Crippen LogP contribution in [-0.2, 0) is 19.7 Å². The molecule has 8 heteroatoms. The Morgan fingerprint density at radius 3 is 2.24 bits per heavy atom. The van der Waals surface area contributed by atoms with E-state index >= 15 is 9.59 Å². The number of carbonyl (C=O) groups is 3. The molecule has 1 fully saturated rings. The first-order valence-corrected chi connectivity index (χ1v) is 16.3. The summed E-state index contributed by atoms with van der Waals surface area (Å²) in [4.78, 5) is 47.0. The van der Waals surface area contributed by atoms with Crippen LogP contribution in [0.5, 0.6) is 11.5 Å². The maximum atomic E-state index is 15.2. The van der Waals surface area contributed by atoms with Gasteiger partial charge in [0, 0.05) is 16.9 Å². The molecule has 4 aliphatic rings. The zero-order chi connectivity index (χ0) is 33.1. The second-order valence-corrected chi connectivity index (χ2v) is 12.6. The van der Waals surface area contributed by atoms with Crippen LogP contribution in [0.1, 0.15) is 38.7 Å². The molecule has 0 bridgehead atoms. The summed E-state index contributed by atoms with van der Waals surface area (Å²) in [7, 11) is 0. The van der Waals surface area contributed by atoms with Gasteiger partial charge in [0.2, 0.25) is 12.7 Å². The Labute approximate surface area is 282 Å². The van der Waals surface area contributed by atoms with Crippen LogP contribution < -0.4 is 19.7 Å². The van der Waals surface area contributed by atoms with E-state index in [0.717, 1.165) is 22.4 Å². The Balaban J connectivity index is 1.26. The number of nitrogens with one attached hydrogen (secondary N) is 1. The molecule has 5 aromatic carbocycles. The lowest BCUT2D eigenvalue weighted by Crippen LogP contribution is -2.51. The van der Waals surface area contributed by atoms with E-state index in [1.807, 2.05) is 126 Å². The minimum absolute atomic E-state index is 0.0445. The van der Waals surface area contributed by atoms with Gasteiger partial charge in [-0.1, -0.05) is 109 Å². The third kappa shape index (κ3) is 4.33. The van der Waals surface area contributed by atoms with Crippen LogP contribution in [-0.4, -0.2) is 36.5 Å². The van der Waals surface area contributed by atoms with Crippen LogP contribution in [0.25, 0.3) is 6.08 Å². The molecular weight excluding hydrogens is 616 g/mol. The summed E-state index contributed by atoms with van der Waals surface area (Å²) in [5.41, 5.74) is 3.30. The maximum Gasteiger partial charge on any atom is 0.330 e. The lowest BCUT2D eigenvalue weighted by molar-refractivity contribution is -0.150. The summed E-state index contributed by atoms with van der Waals surface area (Å²) in [6.07, 6.45) is 3.16. The van der Waals surface area contributed by atoms with Gasteiger partial charge in [0.05, 0.1) is 12.0 Å². The van der Waals surface area contributed by atoms with Crippen molar-refractivity contribution >= 4 is 35.1 Å². The number of ketones is 1. The van der Waals surface area contributed by atoms with Gasteiger partial charge < -0.3 is 24.4 Å². The molecule has 4 atom stereocenters. The number of hydrogen-bond donors (Lipinski definition) is 1. The standard InChI is InChI=1S/C41H30N2O6/c44-37(28-19-21-32-33(23-28)48-24-47-32)35-36(39(45)49-38(26-12-3-1-4-13-26)27-14-5-2-6-15-27)43-31-18-10-7-11-25(31)20-22-34(43)41(35)29-16-8-9-17-30(29)42-40(41)46/h1-23,34-36,38H,24H2,(H,42,46)/t34-,35-,36+,41+/m0/s1. The van der Waals surface area contributed by atoms with Crippen molar-refractivity contribution in [1.29, 1.82) is 0 Å². The highest BCUT2D eigenvalue weighted by molar-refractivity contribution is 6.16. The minimum atomic E-state index is -1.47. The third-order valence-electron chi connectivity index (χ3n) is 10.2. The molecule has 0 aliphatic carbocycles. The van der Waals surface area contributed by atoms with Crippen LogP contribution in [0.2, 0.25) is 0 Å². The first-order chi connectivity index (χ1) is 24.1. The number of ether oxygens (including phenoxy) is 3. The fourth-order valence-corrected chi connectivity index (χ4v) is 8.09. The molecule has 1 N–H and O–H groups in total. The van der Waals surface area contributed by atoms with Gasteiger partial charge in [0.1, 0.15) is 11.5 Å².